The monoisotopic (exact) mass is 311 g/mol. The molecule has 0 unspecified atom stereocenters. The predicted molar refractivity (Wildman–Crippen MR) is 74.4 cm³/mol. The Balaban J connectivity index is 2.19. The second kappa shape index (κ2) is 6.02. The molecule has 0 fully saturated rings. The Morgan fingerprint density at radius 2 is 2.21 bits per heavy atom. The van der Waals surface area contributed by atoms with Gasteiger partial charge in [0.1, 0.15) is 11.7 Å². The quantitative estimate of drug-likeness (QED) is 0.944. The maximum absolute atomic E-state index is 11.8. The molecular formula is C12H7Cl2N3OS. The molecule has 1 N–H and O–H groups in total. The van der Waals surface area contributed by atoms with Crippen molar-refractivity contribution in [1.29, 1.82) is 5.26 Å². The first-order valence-corrected chi connectivity index (χ1v) is 6.85. The van der Waals surface area contributed by atoms with Crippen LogP contribution in [-0.2, 0) is 0 Å². The fourth-order valence-electron chi connectivity index (χ4n) is 1.41. The summed E-state index contributed by atoms with van der Waals surface area (Å²) in [4.78, 5) is 15.7. The molecular weight excluding hydrogens is 305 g/mol. The molecule has 2 aromatic rings. The molecule has 19 heavy (non-hydrogen) atoms. The second-order valence-electron chi connectivity index (χ2n) is 3.58. The van der Waals surface area contributed by atoms with E-state index >= 15 is 0 Å². The van der Waals surface area contributed by atoms with Gasteiger partial charge in [-0.25, -0.2) is 4.98 Å². The van der Waals surface area contributed by atoms with E-state index in [-0.39, 0.29) is 5.69 Å². The molecule has 96 valence electrons. The molecule has 2 rings (SSSR count). The lowest BCUT2D eigenvalue weighted by Gasteiger charge is -2.11. The van der Waals surface area contributed by atoms with Crippen LogP contribution in [-0.4, -0.2) is 10.9 Å². The average molecular weight is 312 g/mol. The molecule has 1 amide bonds. The fraction of sp³-hybridized carbons (Fsp3) is 0.0833. The second-order valence-corrected chi connectivity index (χ2v) is 5.12. The van der Waals surface area contributed by atoms with Crippen molar-refractivity contribution in [2.45, 2.75) is 6.04 Å². The van der Waals surface area contributed by atoms with Crippen molar-refractivity contribution < 1.29 is 4.79 Å². The third kappa shape index (κ3) is 3.24. The topological polar surface area (TPSA) is 65.8 Å². The number of nitrogens with zero attached hydrogens (tertiary/aromatic N) is 2. The van der Waals surface area contributed by atoms with Crippen molar-refractivity contribution in [3.63, 3.8) is 0 Å². The van der Waals surface area contributed by atoms with E-state index in [1.165, 1.54) is 11.3 Å². The molecule has 0 aliphatic carbocycles. The molecule has 0 spiro atoms. The van der Waals surface area contributed by atoms with Gasteiger partial charge in [-0.3, -0.25) is 4.79 Å². The number of carbonyl (C=O) groups is 1. The largest absolute Gasteiger partial charge is 0.331 e. The van der Waals surface area contributed by atoms with Crippen LogP contribution in [0.2, 0.25) is 10.0 Å². The van der Waals surface area contributed by atoms with E-state index in [9.17, 15) is 4.79 Å². The third-order valence-electron chi connectivity index (χ3n) is 2.35. The van der Waals surface area contributed by atoms with Crippen LogP contribution >= 0.6 is 34.5 Å². The van der Waals surface area contributed by atoms with E-state index in [4.69, 9.17) is 28.5 Å². The number of nitriles is 1. The molecule has 1 aromatic carbocycles. The summed E-state index contributed by atoms with van der Waals surface area (Å²) in [5.41, 5.74) is 2.40. The normalized spacial score (nSPS) is 11.6. The highest BCUT2D eigenvalue weighted by atomic mass is 35.5. The molecule has 0 aliphatic rings. The molecule has 0 aliphatic heterocycles. The van der Waals surface area contributed by atoms with Gasteiger partial charge in [-0.2, -0.15) is 5.26 Å². The first kappa shape index (κ1) is 13.8. The summed E-state index contributed by atoms with van der Waals surface area (Å²) >= 11 is 13.0. The third-order valence-corrected chi connectivity index (χ3v) is 3.67. The van der Waals surface area contributed by atoms with Crippen molar-refractivity contribution in [2.75, 3.05) is 0 Å². The van der Waals surface area contributed by atoms with Crippen LogP contribution in [0.1, 0.15) is 22.1 Å². The van der Waals surface area contributed by atoms with Gasteiger partial charge >= 0.3 is 0 Å². The van der Waals surface area contributed by atoms with E-state index in [2.05, 4.69) is 10.3 Å². The standard InChI is InChI=1S/C12H7Cl2N3OS/c13-8-2-1-7(3-9(8)14)10(4-15)17-12(18)11-5-19-6-16-11/h1-3,5-6,10H,(H,17,18)/t10-/m1/s1. The number of thiazole rings is 1. The van der Waals surface area contributed by atoms with Crippen molar-refractivity contribution in [1.82, 2.24) is 10.3 Å². The smallest absolute Gasteiger partial charge is 0.272 e. The zero-order chi connectivity index (χ0) is 13.8. The zero-order valence-corrected chi connectivity index (χ0v) is 11.8. The zero-order valence-electron chi connectivity index (χ0n) is 9.43. The molecule has 7 heteroatoms. The molecule has 1 heterocycles. The summed E-state index contributed by atoms with van der Waals surface area (Å²) in [6.45, 7) is 0. The minimum Gasteiger partial charge on any atom is -0.331 e. The number of hydrogen-bond donors (Lipinski definition) is 1. The minimum atomic E-state index is -0.802. The van der Waals surface area contributed by atoms with Gasteiger partial charge < -0.3 is 5.32 Å². The van der Waals surface area contributed by atoms with Crippen molar-refractivity contribution in [3.8, 4) is 6.07 Å². The van der Waals surface area contributed by atoms with E-state index in [1.807, 2.05) is 6.07 Å². The highest BCUT2D eigenvalue weighted by Gasteiger charge is 2.17. The number of nitrogens with one attached hydrogen (secondary N) is 1. The maximum atomic E-state index is 11.8. The van der Waals surface area contributed by atoms with E-state index in [1.54, 1.807) is 29.1 Å². The van der Waals surface area contributed by atoms with Gasteiger partial charge in [0.15, 0.2) is 0 Å². The Bertz CT molecular complexity index is 637. The SMILES string of the molecule is N#C[C@@H](NC(=O)c1cscn1)c1ccc(Cl)c(Cl)c1. The van der Waals surface area contributed by atoms with Gasteiger partial charge in [0.05, 0.1) is 21.6 Å². The Kier molecular flexibility index (Phi) is 4.38. The lowest BCUT2D eigenvalue weighted by atomic mass is 10.1. The van der Waals surface area contributed by atoms with Crippen LogP contribution in [0.25, 0.3) is 0 Å². The Morgan fingerprint density at radius 1 is 1.42 bits per heavy atom. The summed E-state index contributed by atoms with van der Waals surface area (Å²) in [5, 5.41) is 14.0. The predicted octanol–water partition coefficient (Wildman–Crippen LogP) is 3.44. The van der Waals surface area contributed by atoms with Gasteiger partial charge in [0.2, 0.25) is 0 Å². The van der Waals surface area contributed by atoms with E-state index in [0.29, 0.717) is 15.6 Å². The van der Waals surface area contributed by atoms with Crippen molar-refractivity contribution in [3.05, 3.63) is 50.4 Å². The lowest BCUT2D eigenvalue weighted by molar-refractivity contribution is 0.0941. The lowest BCUT2D eigenvalue weighted by Crippen LogP contribution is -2.27. The highest BCUT2D eigenvalue weighted by molar-refractivity contribution is 7.07. The Morgan fingerprint density at radius 3 is 2.79 bits per heavy atom. The van der Waals surface area contributed by atoms with Crippen LogP contribution in [0.4, 0.5) is 0 Å². The highest BCUT2D eigenvalue weighted by Crippen LogP contribution is 2.25. The first-order valence-electron chi connectivity index (χ1n) is 5.15. The van der Waals surface area contributed by atoms with Crippen LogP contribution in [0, 0.1) is 11.3 Å². The molecule has 4 nitrogen and oxygen atoms in total. The summed E-state index contributed by atoms with van der Waals surface area (Å²) < 4.78 is 0. The Labute approximate surface area is 123 Å². The number of rotatable bonds is 3. The van der Waals surface area contributed by atoms with Gasteiger partial charge in [-0.05, 0) is 17.7 Å². The fourth-order valence-corrected chi connectivity index (χ4v) is 2.25. The van der Waals surface area contributed by atoms with Crippen LogP contribution in [0.5, 0.6) is 0 Å². The summed E-state index contributed by atoms with van der Waals surface area (Å²) in [6, 6.07) is 5.98. The van der Waals surface area contributed by atoms with Crippen LogP contribution in [0.3, 0.4) is 0 Å². The number of carbonyl (C=O) groups excluding carboxylic acids is 1. The number of hydrogen-bond acceptors (Lipinski definition) is 4. The number of halogens is 2. The summed E-state index contributed by atoms with van der Waals surface area (Å²) in [6.07, 6.45) is 0. The molecule has 0 saturated heterocycles. The molecule has 1 aromatic heterocycles. The van der Waals surface area contributed by atoms with Crippen molar-refractivity contribution in [2.24, 2.45) is 0 Å². The summed E-state index contributed by atoms with van der Waals surface area (Å²) in [7, 11) is 0. The molecule has 0 bridgehead atoms. The first-order chi connectivity index (χ1) is 9.11. The van der Waals surface area contributed by atoms with E-state index in [0.717, 1.165) is 0 Å². The number of amides is 1. The van der Waals surface area contributed by atoms with Crippen LogP contribution < -0.4 is 5.32 Å². The van der Waals surface area contributed by atoms with Crippen LogP contribution in [0.15, 0.2) is 29.1 Å². The number of benzene rings is 1. The minimum absolute atomic E-state index is 0.283. The van der Waals surface area contributed by atoms with E-state index < -0.39 is 11.9 Å². The van der Waals surface area contributed by atoms with Gasteiger partial charge in [0, 0.05) is 5.38 Å². The van der Waals surface area contributed by atoms with Gasteiger partial charge in [0.25, 0.3) is 5.91 Å². The van der Waals surface area contributed by atoms with Crippen molar-refractivity contribution >= 4 is 40.4 Å². The maximum Gasteiger partial charge on any atom is 0.272 e. The van der Waals surface area contributed by atoms with Gasteiger partial charge in [-0.15, -0.1) is 11.3 Å². The number of aromatic nitrogens is 1. The Hall–Kier alpha value is -1.61. The average Bonchev–Trinajstić information content (AvgIpc) is 2.93. The molecule has 0 radical (unpaired) electrons. The molecule has 1 atom stereocenters. The van der Waals surface area contributed by atoms with Gasteiger partial charge in [-0.1, -0.05) is 29.3 Å². The molecule has 0 saturated carbocycles. The summed E-state index contributed by atoms with van der Waals surface area (Å²) in [5.74, 6) is -0.404.